The molecule has 1 N–H and O–H groups in total. The van der Waals surface area contributed by atoms with Crippen molar-refractivity contribution in [2.24, 2.45) is 7.05 Å². The van der Waals surface area contributed by atoms with Crippen molar-refractivity contribution in [3.63, 3.8) is 0 Å². The molecule has 0 fully saturated rings. The molecule has 0 aliphatic carbocycles. The van der Waals surface area contributed by atoms with E-state index in [1.165, 1.54) is 59.6 Å². The van der Waals surface area contributed by atoms with Gasteiger partial charge in [-0.25, -0.2) is 13.8 Å². The number of nitrogens with zero attached hydrogens (tertiary/aromatic N) is 6. The van der Waals surface area contributed by atoms with Gasteiger partial charge in [0.05, 0.1) is 11.1 Å². The maximum absolute atomic E-state index is 13.2. The number of halogens is 5. The predicted molar refractivity (Wildman–Crippen MR) is 110 cm³/mol. The third-order valence-corrected chi connectivity index (χ3v) is 6.12. The van der Waals surface area contributed by atoms with Gasteiger partial charge in [0, 0.05) is 30.3 Å². The summed E-state index contributed by atoms with van der Waals surface area (Å²) in [5.74, 6) is 0.918. The van der Waals surface area contributed by atoms with Crippen molar-refractivity contribution in [2.45, 2.75) is 23.0 Å². The Morgan fingerprint density at radius 2 is 1.85 bits per heavy atom. The smallest absolute Gasteiger partial charge is 0.411 e. The number of nitrogens with one attached hydrogen (secondary N) is 1. The summed E-state index contributed by atoms with van der Waals surface area (Å²) >= 11 is 2.42. The number of H-pyrrole nitrogens is 1. The molecule has 0 unspecified atom stereocenters. The molecule has 0 amide bonds. The van der Waals surface area contributed by atoms with Crippen LogP contribution in [0.4, 0.5) is 22.0 Å². The Labute approximate surface area is 191 Å². The van der Waals surface area contributed by atoms with Crippen LogP contribution in [0.1, 0.15) is 17.7 Å². The molecule has 4 rings (SSSR count). The quantitative estimate of drug-likeness (QED) is 0.202. The average Bonchev–Trinajstić information content (AvgIpc) is 3.50. The van der Waals surface area contributed by atoms with Gasteiger partial charge in [-0.05, 0) is 6.07 Å². The zero-order valence-corrected chi connectivity index (χ0v) is 18.3. The summed E-state index contributed by atoms with van der Waals surface area (Å²) in [5.41, 5.74) is -1.27. The molecule has 33 heavy (non-hydrogen) atoms. The number of aromatic nitrogens is 7. The molecule has 3 heterocycles. The van der Waals surface area contributed by atoms with E-state index in [4.69, 9.17) is 4.42 Å². The van der Waals surface area contributed by atoms with Gasteiger partial charge in [-0.1, -0.05) is 41.7 Å². The minimum Gasteiger partial charge on any atom is -0.411 e. The lowest BCUT2D eigenvalue weighted by Crippen LogP contribution is -2.07. The molecular weight excluding hydrogens is 489 g/mol. The average molecular weight is 503 g/mol. The van der Waals surface area contributed by atoms with Crippen molar-refractivity contribution in [2.75, 3.05) is 11.5 Å². The standard InChI is InChI=1S/C18H14F5N7OS2/c1-30-8-10(12(29-30)13(19)20)15-26-28-17(31-15)33-7-6-32-16-24-14(25-27-16)9-4-2-3-5-11(9)18(21,22)23/h2-5,8,13H,6-7H2,1H3,(H,24,25,27). The van der Waals surface area contributed by atoms with Crippen LogP contribution in [0.2, 0.25) is 0 Å². The topological polar surface area (TPSA) is 98.3 Å². The fourth-order valence-corrected chi connectivity index (χ4v) is 4.37. The zero-order chi connectivity index (χ0) is 23.6. The van der Waals surface area contributed by atoms with Gasteiger partial charge in [0.2, 0.25) is 5.16 Å². The zero-order valence-electron chi connectivity index (χ0n) is 16.7. The van der Waals surface area contributed by atoms with E-state index in [0.717, 1.165) is 6.07 Å². The number of rotatable bonds is 8. The summed E-state index contributed by atoms with van der Waals surface area (Å²) < 4.78 is 72.4. The van der Waals surface area contributed by atoms with Gasteiger partial charge in [0.25, 0.3) is 17.5 Å². The first kappa shape index (κ1) is 23.2. The van der Waals surface area contributed by atoms with Crippen LogP contribution in [0.25, 0.3) is 22.8 Å². The highest BCUT2D eigenvalue weighted by atomic mass is 32.2. The maximum atomic E-state index is 13.2. The molecule has 0 bridgehead atoms. The molecule has 1 aromatic carbocycles. The molecule has 0 aliphatic heterocycles. The van der Waals surface area contributed by atoms with Crippen molar-refractivity contribution in [1.82, 2.24) is 35.2 Å². The van der Waals surface area contributed by atoms with Crippen LogP contribution in [0, 0.1) is 0 Å². The summed E-state index contributed by atoms with van der Waals surface area (Å²) in [6.45, 7) is 0. The van der Waals surface area contributed by atoms with E-state index in [-0.39, 0.29) is 33.2 Å². The maximum Gasteiger partial charge on any atom is 0.417 e. The second-order valence-corrected chi connectivity index (χ2v) is 8.59. The number of hydrogen-bond acceptors (Lipinski definition) is 8. The monoisotopic (exact) mass is 503 g/mol. The molecule has 0 radical (unpaired) electrons. The fourth-order valence-electron chi connectivity index (χ4n) is 2.84. The van der Waals surface area contributed by atoms with Gasteiger partial charge < -0.3 is 4.42 Å². The molecule has 8 nitrogen and oxygen atoms in total. The Morgan fingerprint density at radius 1 is 1.09 bits per heavy atom. The van der Waals surface area contributed by atoms with Gasteiger partial charge in [0.1, 0.15) is 5.69 Å². The Balaban J connectivity index is 1.34. The number of alkyl halides is 5. The molecule has 174 valence electrons. The second kappa shape index (κ2) is 9.51. The highest BCUT2D eigenvalue weighted by Gasteiger charge is 2.34. The molecule has 0 saturated carbocycles. The van der Waals surface area contributed by atoms with Crippen molar-refractivity contribution in [3.8, 4) is 22.8 Å². The van der Waals surface area contributed by atoms with Gasteiger partial charge in [0.15, 0.2) is 5.82 Å². The highest BCUT2D eigenvalue weighted by molar-refractivity contribution is 8.02. The lowest BCUT2D eigenvalue weighted by Gasteiger charge is -2.10. The van der Waals surface area contributed by atoms with Crippen LogP contribution in [-0.2, 0) is 13.2 Å². The molecule has 0 atom stereocenters. The summed E-state index contributed by atoms with van der Waals surface area (Å²) in [6, 6.07) is 5.10. The largest absolute Gasteiger partial charge is 0.417 e. The van der Waals surface area contributed by atoms with Crippen LogP contribution >= 0.6 is 23.5 Å². The third-order valence-electron chi connectivity index (χ3n) is 4.19. The normalized spacial score (nSPS) is 12.1. The first-order valence-corrected chi connectivity index (χ1v) is 11.2. The first-order chi connectivity index (χ1) is 15.7. The molecule has 0 saturated heterocycles. The van der Waals surface area contributed by atoms with E-state index in [2.05, 4.69) is 30.5 Å². The van der Waals surface area contributed by atoms with Crippen molar-refractivity contribution in [1.29, 1.82) is 0 Å². The fraction of sp³-hybridized carbons (Fsp3) is 0.278. The minimum atomic E-state index is -4.51. The van der Waals surface area contributed by atoms with Crippen LogP contribution < -0.4 is 0 Å². The van der Waals surface area contributed by atoms with Crippen molar-refractivity contribution < 1.29 is 26.4 Å². The molecular formula is C18H14F5N7OS2. The van der Waals surface area contributed by atoms with Crippen molar-refractivity contribution in [3.05, 3.63) is 41.7 Å². The van der Waals surface area contributed by atoms with E-state index in [0.29, 0.717) is 11.5 Å². The summed E-state index contributed by atoms with van der Waals surface area (Å²) in [7, 11) is 1.51. The number of thioether (sulfide) groups is 2. The third kappa shape index (κ3) is 5.35. The van der Waals surface area contributed by atoms with E-state index < -0.39 is 23.9 Å². The number of aromatic amines is 1. The lowest BCUT2D eigenvalue weighted by atomic mass is 10.1. The summed E-state index contributed by atoms with van der Waals surface area (Å²) in [5, 5.41) is 18.3. The van der Waals surface area contributed by atoms with E-state index >= 15 is 0 Å². The highest BCUT2D eigenvalue weighted by Crippen LogP contribution is 2.36. The van der Waals surface area contributed by atoms with Gasteiger partial charge >= 0.3 is 6.18 Å². The van der Waals surface area contributed by atoms with E-state index in [1.807, 2.05) is 0 Å². The Bertz CT molecular complexity index is 1240. The van der Waals surface area contributed by atoms with Gasteiger partial charge in [-0.2, -0.15) is 18.3 Å². The summed E-state index contributed by atoms with van der Waals surface area (Å²) in [6.07, 6.45) is -5.92. The molecule has 0 spiro atoms. The SMILES string of the molecule is Cn1cc(-c2nnc(SCCSc3n[nH]c(-c4ccccc4C(F)(F)F)n3)o2)c(C(F)F)n1. The molecule has 3 aromatic heterocycles. The van der Waals surface area contributed by atoms with E-state index in [9.17, 15) is 22.0 Å². The first-order valence-electron chi connectivity index (χ1n) is 9.22. The van der Waals surface area contributed by atoms with Gasteiger partial charge in [-0.15, -0.1) is 15.3 Å². The second-order valence-electron chi connectivity index (χ2n) is 6.48. The Morgan fingerprint density at radius 3 is 2.61 bits per heavy atom. The van der Waals surface area contributed by atoms with Crippen LogP contribution in [0.5, 0.6) is 0 Å². The Kier molecular flexibility index (Phi) is 6.69. The van der Waals surface area contributed by atoms with Crippen molar-refractivity contribution >= 4 is 23.5 Å². The summed E-state index contributed by atoms with van der Waals surface area (Å²) in [4.78, 5) is 4.13. The van der Waals surface area contributed by atoms with Crippen LogP contribution in [0.3, 0.4) is 0 Å². The predicted octanol–water partition coefficient (Wildman–Crippen LogP) is 5.10. The van der Waals surface area contributed by atoms with Crippen LogP contribution in [0.15, 0.2) is 45.3 Å². The van der Waals surface area contributed by atoms with Gasteiger partial charge in [-0.3, -0.25) is 9.78 Å². The number of benzene rings is 1. The Hall–Kier alpha value is -2.94. The van der Waals surface area contributed by atoms with Crippen LogP contribution in [-0.4, -0.2) is 46.7 Å². The minimum absolute atomic E-state index is 0.0194. The number of hydrogen-bond donors (Lipinski definition) is 1. The molecule has 0 aliphatic rings. The molecule has 4 aromatic rings. The van der Waals surface area contributed by atoms with E-state index in [1.54, 1.807) is 0 Å². The molecule has 15 heteroatoms. The lowest BCUT2D eigenvalue weighted by molar-refractivity contribution is -0.137. The number of aryl methyl sites for hydroxylation is 1.